The Labute approximate surface area is 527 Å². The molecule has 2 aromatic heterocycles. The third kappa shape index (κ3) is 21.6. The van der Waals surface area contributed by atoms with Crippen molar-refractivity contribution < 1.29 is 53.0 Å². The van der Waals surface area contributed by atoms with E-state index in [-0.39, 0.29) is 50.0 Å². The summed E-state index contributed by atoms with van der Waals surface area (Å²) in [6.45, 7) is 23.3. The van der Waals surface area contributed by atoms with Gasteiger partial charge in [0.2, 0.25) is 0 Å². The number of likely N-dealkylation sites (tertiary alicyclic amines) is 2. The highest BCUT2D eigenvalue weighted by Crippen LogP contribution is 2.33. The maximum Gasteiger partial charge on any atom is 0.508 e. The topological polar surface area (TPSA) is 270 Å². The second kappa shape index (κ2) is 33.5. The Morgan fingerprint density at radius 3 is 1.50 bits per heavy atom. The molecule has 8 rings (SSSR count). The molecule has 4 fully saturated rings. The van der Waals surface area contributed by atoms with Gasteiger partial charge in [0.1, 0.15) is 36.4 Å². The molecule has 492 valence electrons. The van der Waals surface area contributed by atoms with Crippen molar-refractivity contribution in [3.05, 3.63) is 136 Å². The first-order valence-corrected chi connectivity index (χ1v) is 31.3. The van der Waals surface area contributed by atoms with E-state index in [0.29, 0.717) is 69.7 Å². The van der Waals surface area contributed by atoms with Gasteiger partial charge < -0.3 is 48.4 Å². The van der Waals surface area contributed by atoms with Crippen LogP contribution in [0.5, 0.6) is 0 Å². The number of hydrogen-bond donors (Lipinski definition) is 4. The van der Waals surface area contributed by atoms with E-state index in [0.717, 1.165) is 73.9 Å². The maximum absolute atomic E-state index is 13.1. The first-order valence-electron chi connectivity index (χ1n) is 31.3. The number of aliphatic hydroxyl groups is 2. The third-order valence-corrected chi connectivity index (χ3v) is 15.9. The Balaban J connectivity index is 0.000000245. The average Bonchev–Trinajstić information content (AvgIpc) is 2.55. The van der Waals surface area contributed by atoms with Gasteiger partial charge in [0.25, 0.3) is 11.1 Å². The van der Waals surface area contributed by atoms with Gasteiger partial charge in [0.15, 0.2) is 0 Å². The number of amides is 2. The number of carbonyl (C=O) groups is 3. The third-order valence-electron chi connectivity index (χ3n) is 15.9. The smallest absolute Gasteiger partial charge is 0.444 e. The fourth-order valence-corrected chi connectivity index (χ4v) is 11.3. The standard InChI is InChI=1S/C34H46N4O8.C22H32N2O3.C11H16N2O4/c1-7-24-12-14-25(15-13-24)21-36(22-26-11-9-10-16-37(26)32(41)46-34(4,5)6)17-18-43-33(42)45-28-19-29(44-27(28)8-2)38-20-23(3)30(39)35-31(38)40;1-5-18-9-11-19(12-10-18)16-23(14-15-25)17-20-8-6-7-13-24(20)21(26)27-22(2,3)4;1-3-8-7(14)4-9(17-8)13-5-6(2)10(15)12-11(13)16/h1,12-15,20,26-29H,8-11,16-19,21-22H2,2-6H3,(H,35,39,40);1,9-12,20,25H,6-8,13-17H2,2-4H3;5,7-9,14H,3-4H2,1-2H3,(H,12,15,16)/t26?,27-,28-,29-;;7-,8-,9-/m1.1/s1. The Morgan fingerprint density at radius 2 is 1.09 bits per heavy atom. The van der Waals surface area contributed by atoms with Crippen molar-refractivity contribution in [1.29, 1.82) is 0 Å². The average molecular weight is 1250 g/mol. The van der Waals surface area contributed by atoms with Crippen LogP contribution in [-0.2, 0) is 41.5 Å². The van der Waals surface area contributed by atoms with Crippen LogP contribution in [0.1, 0.15) is 165 Å². The number of aryl methyl sites for hydroxylation is 2. The van der Waals surface area contributed by atoms with Crippen LogP contribution in [0.3, 0.4) is 0 Å². The number of aromatic nitrogens is 4. The predicted octanol–water partition coefficient (Wildman–Crippen LogP) is 7.49. The summed E-state index contributed by atoms with van der Waals surface area (Å²) < 4.78 is 36.7. The quantitative estimate of drug-likeness (QED) is 0.0427. The van der Waals surface area contributed by atoms with Crippen molar-refractivity contribution in [3.8, 4) is 24.7 Å². The summed E-state index contributed by atoms with van der Waals surface area (Å²) in [5.41, 5.74) is 1.61. The molecule has 23 heteroatoms. The van der Waals surface area contributed by atoms with Crippen LogP contribution >= 0.6 is 0 Å². The zero-order valence-electron chi connectivity index (χ0n) is 54.1. The molecule has 0 radical (unpaired) electrons. The summed E-state index contributed by atoms with van der Waals surface area (Å²) in [5.74, 6) is 5.25. The molecule has 2 amide bonds. The van der Waals surface area contributed by atoms with Crippen LogP contribution in [0.4, 0.5) is 14.4 Å². The van der Waals surface area contributed by atoms with Crippen LogP contribution in [0.15, 0.2) is 80.1 Å². The van der Waals surface area contributed by atoms with Crippen LogP contribution < -0.4 is 22.5 Å². The molecule has 0 spiro atoms. The van der Waals surface area contributed by atoms with Gasteiger partial charge in [-0.25, -0.2) is 24.0 Å². The summed E-state index contributed by atoms with van der Waals surface area (Å²) in [6.07, 6.45) is 17.1. The number of benzene rings is 2. The number of terminal acetylenes is 2. The molecular formula is C67H94N8O15. The summed E-state index contributed by atoms with van der Waals surface area (Å²) in [6, 6.07) is 15.7. The molecule has 23 nitrogen and oxygen atoms in total. The van der Waals surface area contributed by atoms with Crippen molar-refractivity contribution in [3.63, 3.8) is 0 Å². The highest BCUT2D eigenvalue weighted by Gasteiger charge is 2.40. The number of piperidine rings is 2. The van der Waals surface area contributed by atoms with Gasteiger partial charge in [0, 0.05) is 112 Å². The number of aliphatic hydroxyl groups excluding tert-OH is 2. The van der Waals surface area contributed by atoms with Gasteiger partial charge in [-0.05, 0) is 142 Å². The minimum atomic E-state index is -0.830. The Hall–Kier alpha value is -7.51. The van der Waals surface area contributed by atoms with E-state index >= 15 is 0 Å². The molecule has 0 bridgehead atoms. The van der Waals surface area contributed by atoms with E-state index in [2.05, 4.69) is 31.6 Å². The first kappa shape index (κ1) is 71.6. The van der Waals surface area contributed by atoms with Crippen LogP contribution in [-0.4, -0.2) is 167 Å². The highest BCUT2D eigenvalue weighted by atomic mass is 16.7. The fourth-order valence-electron chi connectivity index (χ4n) is 11.3. The van der Waals surface area contributed by atoms with Crippen molar-refractivity contribution in [2.24, 2.45) is 0 Å². The zero-order valence-corrected chi connectivity index (χ0v) is 54.1. The molecule has 4 saturated heterocycles. The highest BCUT2D eigenvalue weighted by molar-refractivity contribution is 5.69. The van der Waals surface area contributed by atoms with Gasteiger partial charge >= 0.3 is 29.7 Å². The lowest BCUT2D eigenvalue weighted by Gasteiger charge is -2.39. The lowest BCUT2D eigenvalue weighted by Crippen LogP contribution is -2.51. The summed E-state index contributed by atoms with van der Waals surface area (Å²) in [5, 5.41) is 19.2. The lowest BCUT2D eigenvalue weighted by atomic mass is 10.0. The van der Waals surface area contributed by atoms with Gasteiger partial charge in [-0.1, -0.05) is 50.0 Å². The Bertz CT molecular complexity index is 3310. The summed E-state index contributed by atoms with van der Waals surface area (Å²) in [7, 11) is 0. The van der Waals surface area contributed by atoms with E-state index < -0.39 is 70.6 Å². The summed E-state index contributed by atoms with van der Waals surface area (Å²) in [4.78, 5) is 98.0. The SMILES string of the molecule is C#Cc1ccc(CN(CCO)CC2CCCCN2C(=O)OC(C)(C)C)cc1.C#Cc1ccc(CN(CCOC(=O)O[C@@H]2C[C@H](n3cc(C)c(=O)[nH]c3=O)O[C@@H]2CC)CC2CCCCN2C(=O)OC(C)(C)C)cc1.CC[C@H]1O[C@@H](n2cc(C)c(=O)[nH]c2=O)C[C@H]1O. The van der Waals surface area contributed by atoms with E-state index in [9.17, 15) is 43.8 Å². The van der Waals surface area contributed by atoms with Crippen molar-refractivity contribution in [2.75, 3.05) is 52.5 Å². The van der Waals surface area contributed by atoms with Crippen molar-refractivity contribution in [1.82, 2.24) is 38.7 Å². The van der Waals surface area contributed by atoms with Crippen LogP contribution in [0.25, 0.3) is 0 Å². The molecule has 0 aliphatic carbocycles. The van der Waals surface area contributed by atoms with Crippen LogP contribution in [0, 0.1) is 38.5 Å². The largest absolute Gasteiger partial charge is 0.508 e. The molecule has 6 heterocycles. The van der Waals surface area contributed by atoms with Gasteiger partial charge in [-0.2, -0.15) is 0 Å². The minimum Gasteiger partial charge on any atom is -0.444 e. The first-order chi connectivity index (χ1) is 42.7. The van der Waals surface area contributed by atoms with Crippen LogP contribution in [0.2, 0.25) is 0 Å². The zero-order chi connectivity index (χ0) is 65.9. The second-order valence-electron chi connectivity index (χ2n) is 25.3. The number of ether oxygens (including phenoxy) is 6. The maximum atomic E-state index is 13.1. The number of hydrogen-bond acceptors (Lipinski definition) is 17. The van der Waals surface area contributed by atoms with E-state index in [1.165, 1.54) is 21.5 Å². The molecule has 4 aromatic rings. The van der Waals surface area contributed by atoms with Gasteiger partial charge in [-0.15, -0.1) is 12.8 Å². The number of rotatable bonds is 18. The number of H-pyrrole nitrogens is 2. The predicted molar refractivity (Wildman–Crippen MR) is 340 cm³/mol. The molecule has 4 aliphatic rings. The van der Waals surface area contributed by atoms with Crippen molar-refractivity contribution >= 4 is 18.3 Å². The normalized spacial score (nSPS) is 21.7. The Morgan fingerprint density at radius 1 is 0.656 bits per heavy atom. The molecular weight excluding hydrogens is 1160 g/mol. The molecule has 8 atom stereocenters. The monoisotopic (exact) mass is 1250 g/mol. The van der Waals surface area contributed by atoms with Gasteiger partial charge in [-0.3, -0.25) is 38.5 Å². The van der Waals surface area contributed by atoms with Gasteiger partial charge in [0.05, 0.1) is 24.9 Å². The summed E-state index contributed by atoms with van der Waals surface area (Å²) >= 11 is 0. The molecule has 2 aromatic carbocycles. The van der Waals surface area contributed by atoms with E-state index in [1.54, 1.807) is 13.8 Å². The van der Waals surface area contributed by atoms with Crippen molar-refractivity contribution in [2.45, 2.75) is 207 Å². The van der Waals surface area contributed by atoms with E-state index in [4.69, 9.17) is 41.3 Å². The Kier molecular flexibility index (Phi) is 26.7. The van der Waals surface area contributed by atoms with E-state index in [1.807, 2.05) is 114 Å². The minimum absolute atomic E-state index is 0.0571. The molecule has 4 aliphatic heterocycles. The molecule has 0 saturated carbocycles. The fraction of sp³-hybridized carbons (Fsp3) is 0.597. The number of nitrogens with one attached hydrogen (secondary N) is 2. The number of nitrogens with zero attached hydrogens (tertiary/aromatic N) is 6. The molecule has 4 N–H and O–H groups in total. The number of aromatic amines is 2. The second-order valence-corrected chi connectivity index (χ2v) is 25.3. The lowest BCUT2D eigenvalue weighted by molar-refractivity contribution is -0.0386. The molecule has 90 heavy (non-hydrogen) atoms. The molecule has 2 unspecified atom stereocenters. The number of carbonyl (C=O) groups excluding carboxylic acids is 3.